The van der Waals surface area contributed by atoms with Crippen LogP contribution in [0.4, 0.5) is 0 Å². The molecule has 0 unspecified atom stereocenters. The number of carbonyl (C=O) groups is 1. The summed E-state index contributed by atoms with van der Waals surface area (Å²) >= 11 is 0. The smallest absolute Gasteiger partial charge is 0.164 e. The van der Waals surface area contributed by atoms with Crippen LogP contribution in [0, 0.1) is 30.7 Å². The molecular formula is C35H48IrNO2-. The van der Waals surface area contributed by atoms with Gasteiger partial charge in [-0.1, -0.05) is 87.4 Å². The van der Waals surface area contributed by atoms with E-state index in [-0.39, 0.29) is 42.5 Å². The molecule has 0 saturated carbocycles. The number of nitrogens with zero attached hydrogens (tertiary/aromatic N) is 1. The van der Waals surface area contributed by atoms with Gasteiger partial charge in [-0.3, -0.25) is 4.79 Å². The van der Waals surface area contributed by atoms with Gasteiger partial charge in [-0.25, -0.2) is 0 Å². The van der Waals surface area contributed by atoms with Crippen LogP contribution in [0.3, 0.4) is 0 Å². The number of aliphatic hydroxyl groups excluding tert-OH is 1. The summed E-state index contributed by atoms with van der Waals surface area (Å²) in [5, 5.41) is 12.3. The fraction of sp³-hybridized carbons (Fsp3) is 0.486. The van der Waals surface area contributed by atoms with E-state index in [2.05, 4.69) is 75.1 Å². The van der Waals surface area contributed by atoms with E-state index in [0.717, 1.165) is 29.7 Å². The number of carbonyl (C=O) groups excluding carboxylic acids is 1. The predicted octanol–water partition coefficient (Wildman–Crippen LogP) is 10.1. The van der Waals surface area contributed by atoms with Crippen molar-refractivity contribution in [3.8, 4) is 11.3 Å². The molecule has 0 aliphatic rings. The fourth-order valence-corrected chi connectivity index (χ4v) is 4.32. The van der Waals surface area contributed by atoms with Crippen molar-refractivity contribution in [2.24, 2.45) is 10.8 Å². The summed E-state index contributed by atoms with van der Waals surface area (Å²) in [5.74, 6) is 0.837. The molecule has 2 aromatic carbocycles. The first-order valence-corrected chi connectivity index (χ1v) is 14.1. The average Bonchev–Trinajstić information content (AvgIpc) is 2.88. The Morgan fingerprint density at radius 3 is 2.10 bits per heavy atom. The Labute approximate surface area is 250 Å². The fourth-order valence-electron chi connectivity index (χ4n) is 4.32. The van der Waals surface area contributed by atoms with Crippen molar-refractivity contribution in [2.45, 2.75) is 101 Å². The normalized spacial score (nSPS) is 12.1. The second kappa shape index (κ2) is 14.9. The monoisotopic (exact) mass is 707 g/mol. The van der Waals surface area contributed by atoms with Gasteiger partial charge >= 0.3 is 0 Å². The van der Waals surface area contributed by atoms with Crippen LogP contribution in [0.2, 0.25) is 0 Å². The largest absolute Gasteiger partial charge is 0.512 e. The minimum absolute atomic E-state index is 0. The number of aromatic nitrogens is 1. The van der Waals surface area contributed by atoms with E-state index in [9.17, 15) is 9.90 Å². The molecule has 0 aliphatic heterocycles. The Hall–Kier alpha value is -2.29. The van der Waals surface area contributed by atoms with Crippen LogP contribution < -0.4 is 0 Å². The van der Waals surface area contributed by atoms with Crippen molar-refractivity contribution < 1.29 is 30.0 Å². The third-order valence-corrected chi connectivity index (χ3v) is 8.04. The Morgan fingerprint density at radius 1 is 0.949 bits per heavy atom. The quantitative estimate of drug-likeness (QED) is 0.137. The molecular weight excluding hydrogens is 659 g/mol. The van der Waals surface area contributed by atoms with Crippen LogP contribution in [-0.4, -0.2) is 15.9 Å². The molecule has 1 N–H and O–H groups in total. The summed E-state index contributed by atoms with van der Waals surface area (Å²) in [6.45, 7) is 20.4. The molecule has 0 spiro atoms. The molecule has 1 aromatic heterocycles. The minimum Gasteiger partial charge on any atom is -0.512 e. The number of aliphatic hydroxyl groups is 1. The van der Waals surface area contributed by atoms with Crippen LogP contribution in [0.15, 0.2) is 54.4 Å². The third kappa shape index (κ3) is 9.12. The molecule has 0 aliphatic carbocycles. The van der Waals surface area contributed by atoms with Crippen molar-refractivity contribution >= 4 is 16.6 Å². The van der Waals surface area contributed by atoms with Gasteiger partial charge in [-0.15, -0.1) is 34.9 Å². The van der Waals surface area contributed by atoms with Crippen molar-refractivity contribution in [3.05, 3.63) is 77.2 Å². The van der Waals surface area contributed by atoms with Crippen molar-refractivity contribution in [2.75, 3.05) is 0 Å². The maximum Gasteiger partial charge on any atom is 0.164 e. The zero-order valence-corrected chi connectivity index (χ0v) is 28.1. The second-order valence-corrected chi connectivity index (χ2v) is 11.8. The SMILES string of the molecule is CCC(C)(C)C(=O)/C=C(\O)C(C)(C)CC.CCC(CC)c1ccc2c(-c3[c-]c(C)cc(C)c3)nccc2c1.[Ir]. The van der Waals surface area contributed by atoms with E-state index < -0.39 is 0 Å². The standard InChI is InChI=1S/C22H24N.C13H24O2.Ir/c1-5-17(6-2)18-7-8-21-19(14-18)9-10-23-22(21)20-12-15(3)11-16(4)13-20;1-7-12(3,4)10(14)9-11(15)13(5,6)8-2;/h7-12,14,17H,5-6H2,1-4H3;9,14H,7-8H2,1-6H3;/q-1;;/b;10-9-;. The minimum atomic E-state index is -0.377. The predicted molar refractivity (Wildman–Crippen MR) is 163 cm³/mol. The molecule has 1 radical (unpaired) electrons. The number of pyridine rings is 1. The van der Waals surface area contributed by atoms with Crippen LogP contribution in [0.1, 0.15) is 104 Å². The van der Waals surface area contributed by atoms with Crippen LogP contribution in [0.5, 0.6) is 0 Å². The number of ketones is 1. The van der Waals surface area contributed by atoms with Crippen LogP contribution in [0.25, 0.3) is 22.0 Å². The van der Waals surface area contributed by atoms with Gasteiger partial charge in [-0.2, -0.15) is 0 Å². The zero-order valence-electron chi connectivity index (χ0n) is 25.7. The first-order valence-electron chi connectivity index (χ1n) is 14.1. The molecule has 0 fully saturated rings. The van der Waals surface area contributed by atoms with E-state index in [1.54, 1.807) is 0 Å². The van der Waals surface area contributed by atoms with Gasteiger partial charge < -0.3 is 10.1 Å². The number of hydrogen-bond donors (Lipinski definition) is 1. The number of benzene rings is 2. The van der Waals surface area contributed by atoms with Crippen molar-refractivity contribution in [3.63, 3.8) is 0 Å². The Morgan fingerprint density at radius 2 is 1.56 bits per heavy atom. The van der Waals surface area contributed by atoms with Gasteiger partial charge in [-0.05, 0) is 59.7 Å². The van der Waals surface area contributed by atoms with E-state index in [1.807, 2.05) is 47.7 Å². The number of fused-ring (bicyclic) bond motifs is 1. The summed E-state index contributed by atoms with van der Waals surface area (Å²) in [5.41, 5.74) is 5.28. The number of rotatable bonds is 9. The van der Waals surface area contributed by atoms with E-state index in [4.69, 9.17) is 0 Å². The first-order chi connectivity index (χ1) is 17.8. The van der Waals surface area contributed by atoms with Crippen LogP contribution >= 0.6 is 0 Å². The van der Waals surface area contributed by atoms with Gasteiger partial charge in [0.1, 0.15) is 5.76 Å². The maximum atomic E-state index is 11.8. The second-order valence-electron chi connectivity index (χ2n) is 11.8. The molecule has 0 bridgehead atoms. The van der Waals surface area contributed by atoms with E-state index in [1.165, 1.54) is 40.8 Å². The van der Waals surface area contributed by atoms with Gasteiger partial charge in [0.05, 0.1) is 0 Å². The molecule has 39 heavy (non-hydrogen) atoms. The molecule has 1 heterocycles. The Bertz CT molecular complexity index is 1250. The number of aryl methyl sites for hydroxylation is 2. The molecule has 3 rings (SSSR count). The van der Waals surface area contributed by atoms with Gasteiger partial charge in [0.25, 0.3) is 0 Å². The van der Waals surface area contributed by atoms with Crippen molar-refractivity contribution in [1.29, 1.82) is 0 Å². The summed E-state index contributed by atoms with van der Waals surface area (Å²) < 4.78 is 0. The Kier molecular flexibility index (Phi) is 13.3. The maximum absolute atomic E-state index is 11.8. The van der Waals surface area contributed by atoms with E-state index in [0.29, 0.717) is 5.92 Å². The molecule has 0 amide bonds. The summed E-state index contributed by atoms with van der Waals surface area (Å²) in [6.07, 6.45) is 7.28. The molecule has 215 valence electrons. The molecule has 3 aromatic rings. The summed E-state index contributed by atoms with van der Waals surface area (Å²) in [6, 6.07) is 16.7. The van der Waals surface area contributed by atoms with Gasteiger partial charge in [0.15, 0.2) is 5.78 Å². The van der Waals surface area contributed by atoms with Crippen molar-refractivity contribution in [1.82, 2.24) is 4.98 Å². The zero-order chi connectivity index (χ0) is 28.7. The van der Waals surface area contributed by atoms with Gasteiger partial charge in [0.2, 0.25) is 0 Å². The first kappa shape index (κ1) is 34.7. The number of allylic oxidation sites excluding steroid dienone is 2. The molecule has 0 saturated heterocycles. The number of hydrogen-bond acceptors (Lipinski definition) is 3. The summed E-state index contributed by atoms with van der Waals surface area (Å²) in [7, 11) is 0. The average molecular weight is 707 g/mol. The molecule has 0 atom stereocenters. The Balaban J connectivity index is 0.000000418. The summed E-state index contributed by atoms with van der Waals surface area (Å²) in [4.78, 5) is 16.5. The van der Waals surface area contributed by atoms with Gasteiger partial charge in [0, 0.05) is 43.2 Å². The molecule has 3 nitrogen and oxygen atoms in total. The topological polar surface area (TPSA) is 50.2 Å². The van der Waals surface area contributed by atoms with Crippen LogP contribution in [-0.2, 0) is 24.9 Å². The molecule has 4 heteroatoms. The third-order valence-electron chi connectivity index (χ3n) is 8.04. The van der Waals surface area contributed by atoms with E-state index >= 15 is 0 Å².